The van der Waals surface area contributed by atoms with Gasteiger partial charge in [-0.25, -0.2) is 4.79 Å². The summed E-state index contributed by atoms with van der Waals surface area (Å²) in [4.78, 5) is 26.3. The third kappa shape index (κ3) is 4.42. The van der Waals surface area contributed by atoms with E-state index in [0.29, 0.717) is 16.5 Å². The van der Waals surface area contributed by atoms with E-state index in [2.05, 4.69) is 5.16 Å². The van der Waals surface area contributed by atoms with Crippen LogP contribution in [0.5, 0.6) is 0 Å². The highest BCUT2D eigenvalue weighted by molar-refractivity contribution is 6.30. The van der Waals surface area contributed by atoms with Gasteiger partial charge >= 0.3 is 5.97 Å². The topological polar surface area (TPSA) is 92.9 Å². The first-order valence-corrected chi connectivity index (χ1v) is 8.61. The molecule has 1 amide bonds. The molecular formula is C18H19ClN2O5. The van der Waals surface area contributed by atoms with E-state index in [1.165, 1.54) is 4.90 Å². The second-order valence-electron chi connectivity index (χ2n) is 6.30. The van der Waals surface area contributed by atoms with Gasteiger partial charge in [0.15, 0.2) is 0 Å². The summed E-state index contributed by atoms with van der Waals surface area (Å²) in [6.07, 6.45) is -0.627. The second-order valence-corrected chi connectivity index (χ2v) is 6.73. The predicted molar refractivity (Wildman–Crippen MR) is 92.3 cm³/mol. The Kier molecular flexibility index (Phi) is 5.58. The standard InChI is InChI=1S/C18H19ClN2O5/c1-11-6-15(26-20-11)8-17(23)21-9-14(22)7-16(21)18(24)25-10-12-2-4-13(19)5-3-12/h2-6,14,16,22H,7-10H2,1H3. The van der Waals surface area contributed by atoms with Gasteiger partial charge in [0.25, 0.3) is 0 Å². The molecule has 0 aliphatic carbocycles. The first kappa shape index (κ1) is 18.4. The zero-order chi connectivity index (χ0) is 18.7. The molecule has 2 atom stereocenters. The predicted octanol–water partition coefficient (Wildman–Crippen LogP) is 1.88. The molecule has 0 bridgehead atoms. The van der Waals surface area contributed by atoms with Crippen LogP contribution in [0.15, 0.2) is 34.9 Å². The Hall–Kier alpha value is -2.38. The lowest BCUT2D eigenvalue weighted by Gasteiger charge is -2.22. The number of likely N-dealkylation sites (tertiary alicyclic amines) is 1. The minimum Gasteiger partial charge on any atom is -0.459 e. The molecule has 3 rings (SSSR count). The average Bonchev–Trinajstić information content (AvgIpc) is 3.19. The van der Waals surface area contributed by atoms with Gasteiger partial charge in [-0.2, -0.15) is 0 Å². The van der Waals surface area contributed by atoms with Gasteiger partial charge in [-0.15, -0.1) is 0 Å². The van der Waals surface area contributed by atoms with Gasteiger partial charge in [0.1, 0.15) is 18.4 Å². The monoisotopic (exact) mass is 378 g/mol. The quantitative estimate of drug-likeness (QED) is 0.798. The number of nitrogens with zero attached hydrogens (tertiary/aromatic N) is 2. The Labute approximate surface area is 155 Å². The van der Waals surface area contributed by atoms with Crippen LogP contribution in [0.4, 0.5) is 0 Å². The van der Waals surface area contributed by atoms with Crippen LogP contribution in [0.1, 0.15) is 23.4 Å². The van der Waals surface area contributed by atoms with Crippen LogP contribution in [0.2, 0.25) is 5.02 Å². The summed E-state index contributed by atoms with van der Waals surface area (Å²) in [5, 5.41) is 14.2. The summed E-state index contributed by atoms with van der Waals surface area (Å²) in [6, 6.07) is 7.79. The number of aliphatic hydroxyl groups excluding tert-OH is 1. The van der Waals surface area contributed by atoms with Gasteiger partial charge in [0.05, 0.1) is 18.2 Å². The first-order chi connectivity index (χ1) is 12.4. The molecule has 1 N–H and O–H groups in total. The Bertz CT molecular complexity index is 789. The number of rotatable bonds is 5. The number of carbonyl (C=O) groups excluding carboxylic acids is 2. The van der Waals surface area contributed by atoms with Gasteiger partial charge in [-0.05, 0) is 24.6 Å². The lowest BCUT2D eigenvalue weighted by atomic mass is 10.2. The van der Waals surface area contributed by atoms with Crippen LogP contribution in [-0.2, 0) is 27.4 Å². The van der Waals surface area contributed by atoms with Crippen molar-refractivity contribution < 1.29 is 24.0 Å². The number of halogens is 1. The Morgan fingerprint density at radius 3 is 2.77 bits per heavy atom. The fourth-order valence-electron chi connectivity index (χ4n) is 2.89. The van der Waals surface area contributed by atoms with Crippen molar-refractivity contribution in [2.24, 2.45) is 0 Å². The number of aromatic nitrogens is 1. The zero-order valence-electron chi connectivity index (χ0n) is 14.2. The number of aliphatic hydroxyl groups is 1. The number of ether oxygens (including phenoxy) is 1. The van der Waals surface area contributed by atoms with Crippen LogP contribution in [-0.4, -0.2) is 45.7 Å². The molecule has 1 fully saturated rings. The van der Waals surface area contributed by atoms with E-state index in [0.717, 1.165) is 5.56 Å². The number of aryl methyl sites for hydroxylation is 1. The molecule has 2 aromatic rings. The number of esters is 1. The third-order valence-corrected chi connectivity index (χ3v) is 4.42. The van der Waals surface area contributed by atoms with Crippen molar-refractivity contribution in [1.29, 1.82) is 0 Å². The van der Waals surface area contributed by atoms with E-state index in [1.54, 1.807) is 37.3 Å². The maximum atomic E-state index is 12.5. The fraction of sp³-hybridized carbons (Fsp3) is 0.389. The molecule has 1 aromatic heterocycles. The molecule has 2 heterocycles. The van der Waals surface area contributed by atoms with Crippen molar-refractivity contribution in [2.45, 2.75) is 38.5 Å². The molecular weight excluding hydrogens is 360 g/mol. The molecule has 1 saturated heterocycles. The maximum absolute atomic E-state index is 12.5. The molecule has 26 heavy (non-hydrogen) atoms. The fourth-order valence-corrected chi connectivity index (χ4v) is 3.02. The van der Waals surface area contributed by atoms with Gasteiger partial charge in [-0.3, -0.25) is 4.79 Å². The van der Waals surface area contributed by atoms with Crippen molar-refractivity contribution >= 4 is 23.5 Å². The van der Waals surface area contributed by atoms with Gasteiger partial charge in [0.2, 0.25) is 5.91 Å². The summed E-state index contributed by atoms with van der Waals surface area (Å²) in [5.74, 6) is -0.438. The summed E-state index contributed by atoms with van der Waals surface area (Å²) < 4.78 is 10.4. The van der Waals surface area contributed by atoms with Crippen molar-refractivity contribution in [3.05, 3.63) is 52.4 Å². The van der Waals surface area contributed by atoms with E-state index in [1.807, 2.05) is 0 Å². The highest BCUT2D eigenvalue weighted by Gasteiger charge is 2.40. The van der Waals surface area contributed by atoms with E-state index in [9.17, 15) is 14.7 Å². The summed E-state index contributed by atoms with van der Waals surface area (Å²) >= 11 is 5.82. The van der Waals surface area contributed by atoms with Crippen LogP contribution < -0.4 is 0 Å². The summed E-state index contributed by atoms with van der Waals surface area (Å²) in [6.45, 7) is 1.92. The number of carbonyl (C=O) groups is 2. The Balaban J connectivity index is 1.61. The normalized spacial score (nSPS) is 19.6. The second kappa shape index (κ2) is 7.88. The number of hydrogen-bond acceptors (Lipinski definition) is 6. The van der Waals surface area contributed by atoms with Crippen LogP contribution in [0.3, 0.4) is 0 Å². The Morgan fingerprint density at radius 2 is 2.12 bits per heavy atom. The van der Waals surface area contributed by atoms with Crippen molar-refractivity contribution in [1.82, 2.24) is 10.1 Å². The van der Waals surface area contributed by atoms with Crippen molar-refractivity contribution in [3.8, 4) is 0 Å². The van der Waals surface area contributed by atoms with Gasteiger partial charge in [-0.1, -0.05) is 28.9 Å². The molecule has 2 unspecified atom stereocenters. The van der Waals surface area contributed by atoms with Gasteiger partial charge < -0.3 is 19.3 Å². The molecule has 0 radical (unpaired) electrons. The minimum atomic E-state index is -0.811. The van der Waals surface area contributed by atoms with Crippen molar-refractivity contribution in [2.75, 3.05) is 6.54 Å². The third-order valence-electron chi connectivity index (χ3n) is 4.17. The van der Waals surface area contributed by atoms with E-state index < -0.39 is 18.1 Å². The smallest absolute Gasteiger partial charge is 0.329 e. The summed E-state index contributed by atoms with van der Waals surface area (Å²) in [5.41, 5.74) is 1.46. The molecule has 138 valence electrons. The molecule has 1 aromatic carbocycles. The van der Waals surface area contributed by atoms with Crippen LogP contribution in [0, 0.1) is 6.92 Å². The number of hydrogen-bond donors (Lipinski definition) is 1. The zero-order valence-corrected chi connectivity index (χ0v) is 15.0. The number of amides is 1. The average molecular weight is 379 g/mol. The van der Waals surface area contributed by atoms with E-state index in [-0.39, 0.29) is 31.9 Å². The minimum absolute atomic E-state index is 0.0193. The highest BCUT2D eigenvalue weighted by atomic mass is 35.5. The van der Waals surface area contributed by atoms with Gasteiger partial charge in [0, 0.05) is 24.1 Å². The molecule has 0 saturated carbocycles. The first-order valence-electron chi connectivity index (χ1n) is 8.23. The largest absolute Gasteiger partial charge is 0.459 e. The number of benzene rings is 1. The lowest BCUT2D eigenvalue weighted by Crippen LogP contribution is -2.42. The molecule has 0 spiro atoms. The van der Waals surface area contributed by atoms with Crippen molar-refractivity contribution in [3.63, 3.8) is 0 Å². The Morgan fingerprint density at radius 1 is 1.38 bits per heavy atom. The maximum Gasteiger partial charge on any atom is 0.329 e. The summed E-state index contributed by atoms with van der Waals surface area (Å²) in [7, 11) is 0. The highest BCUT2D eigenvalue weighted by Crippen LogP contribution is 2.21. The molecule has 1 aliphatic heterocycles. The molecule has 8 heteroatoms. The van der Waals surface area contributed by atoms with E-state index in [4.69, 9.17) is 20.9 Å². The van der Waals surface area contributed by atoms with Crippen LogP contribution >= 0.6 is 11.6 Å². The SMILES string of the molecule is Cc1cc(CC(=O)N2CC(O)CC2C(=O)OCc2ccc(Cl)cc2)on1. The van der Waals surface area contributed by atoms with Crippen LogP contribution in [0.25, 0.3) is 0 Å². The number of β-amino-alcohol motifs (C(OH)–C–C–N with tert-alkyl or cyclic N) is 1. The molecule has 1 aliphatic rings. The molecule has 7 nitrogen and oxygen atoms in total. The van der Waals surface area contributed by atoms with E-state index >= 15 is 0 Å². The lowest BCUT2D eigenvalue weighted by molar-refractivity contribution is -0.154.